The summed E-state index contributed by atoms with van der Waals surface area (Å²) >= 11 is 0. The summed E-state index contributed by atoms with van der Waals surface area (Å²) in [5.74, 6) is 0.815. The van der Waals surface area contributed by atoms with Crippen LogP contribution in [0.3, 0.4) is 0 Å². The van der Waals surface area contributed by atoms with E-state index in [1.807, 2.05) is 12.1 Å². The van der Waals surface area contributed by atoms with Crippen LogP contribution in [-0.2, 0) is 24.1 Å². The normalized spacial score (nSPS) is 18.8. The Hall–Kier alpha value is -1.92. The summed E-state index contributed by atoms with van der Waals surface area (Å²) in [5, 5.41) is 13.9. The first kappa shape index (κ1) is 19.4. The van der Waals surface area contributed by atoms with Gasteiger partial charge in [0, 0.05) is 32.2 Å². The summed E-state index contributed by atoms with van der Waals surface area (Å²) in [6.45, 7) is 5.01. The first-order valence-electron chi connectivity index (χ1n) is 10.3. The number of morpholine rings is 1. The lowest BCUT2D eigenvalue weighted by Crippen LogP contribution is -2.42. The van der Waals surface area contributed by atoms with Crippen molar-refractivity contribution in [3.8, 4) is 5.75 Å². The van der Waals surface area contributed by atoms with Gasteiger partial charge in [0.2, 0.25) is 0 Å². The highest BCUT2D eigenvalue weighted by atomic mass is 16.5. The summed E-state index contributed by atoms with van der Waals surface area (Å²) in [5.41, 5.74) is 4.13. The van der Waals surface area contributed by atoms with Gasteiger partial charge >= 0.3 is 0 Å². The molecule has 0 bridgehead atoms. The Labute approximate surface area is 167 Å². The Morgan fingerprint density at radius 1 is 1.07 bits per heavy atom. The summed E-state index contributed by atoms with van der Waals surface area (Å²) in [6.07, 6.45) is 1.71. The van der Waals surface area contributed by atoms with Gasteiger partial charge in [-0.15, -0.1) is 0 Å². The highest BCUT2D eigenvalue weighted by Gasteiger charge is 2.20. The molecular formula is C23H30N2O3. The molecule has 28 heavy (non-hydrogen) atoms. The first-order valence-corrected chi connectivity index (χ1v) is 10.3. The van der Waals surface area contributed by atoms with Crippen LogP contribution >= 0.6 is 0 Å². The fourth-order valence-electron chi connectivity index (χ4n) is 4.04. The maximum absolute atomic E-state index is 10.2. The number of rotatable bonds is 8. The van der Waals surface area contributed by atoms with Crippen LogP contribution in [0.15, 0.2) is 48.5 Å². The topological polar surface area (TPSA) is 54.0 Å². The third-order valence-electron chi connectivity index (χ3n) is 5.56. The smallest absolute Gasteiger partial charge is 0.119 e. The minimum absolute atomic E-state index is 0.312. The van der Waals surface area contributed by atoms with Crippen LogP contribution in [0.25, 0.3) is 0 Å². The highest BCUT2D eigenvalue weighted by molar-refractivity contribution is 5.33. The molecule has 0 spiro atoms. The molecule has 2 aliphatic rings. The van der Waals surface area contributed by atoms with Crippen molar-refractivity contribution in [2.24, 2.45) is 0 Å². The van der Waals surface area contributed by atoms with Gasteiger partial charge in [-0.3, -0.25) is 4.90 Å². The lowest BCUT2D eigenvalue weighted by atomic mass is 10.1. The first-order chi connectivity index (χ1) is 13.8. The zero-order valence-corrected chi connectivity index (χ0v) is 16.3. The predicted octanol–water partition coefficient (Wildman–Crippen LogP) is 2.02. The molecule has 5 nitrogen and oxygen atoms in total. The number of β-amino-alcohol motifs (C(OH)–C–C–N with tert-alkyl or cyclic N) is 1. The molecule has 1 heterocycles. The Bertz CT molecular complexity index is 736. The number of fused-ring (bicyclic) bond motifs is 1. The van der Waals surface area contributed by atoms with E-state index in [9.17, 15) is 5.11 Å². The van der Waals surface area contributed by atoms with E-state index in [0.29, 0.717) is 19.2 Å². The van der Waals surface area contributed by atoms with Crippen LogP contribution in [0.5, 0.6) is 5.75 Å². The monoisotopic (exact) mass is 382 g/mol. The molecule has 1 aliphatic carbocycles. The molecule has 5 heteroatoms. The van der Waals surface area contributed by atoms with Gasteiger partial charge in [0.25, 0.3) is 0 Å². The van der Waals surface area contributed by atoms with Crippen molar-refractivity contribution >= 4 is 0 Å². The summed E-state index contributed by atoms with van der Waals surface area (Å²) in [6, 6.07) is 17.4. The number of benzene rings is 2. The van der Waals surface area contributed by atoms with Gasteiger partial charge in [-0.2, -0.15) is 0 Å². The summed E-state index contributed by atoms with van der Waals surface area (Å²) in [7, 11) is 0. The van der Waals surface area contributed by atoms with Gasteiger partial charge in [0.1, 0.15) is 18.5 Å². The molecule has 1 saturated heterocycles. The van der Waals surface area contributed by atoms with E-state index in [4.69, 9.17) is 9.47 Å². The van der Waals surface area contributed by atoms with E-state index in [0.717, 1.165) is 51.4 Å². The Kier molecular flexibility index (Phi) is 6.60. The Morgan fingerprint density at radius 3 is 2.57 bits per heavy atom. The van der Waals surface area contributed by atoms with Crippen LogP contribution in [0.4, 0.5) is 0 Å². The second-order valence-corrected chi connectivity index (χ2v) is 7.78. The number of hydrogen-bond donors (Lipinski definition) is 2. The quantitative estimate of drug-likeness (QED) is 0.732. The molecule has 2 N–H and O–H groups in total. The molecule has 2 aromatic carbocycles. The van der Waals surface area contributed by atoms with Crippen LogP contribution in [-0.4, -0.2) is 61.6 Å². The summed E-state index contributed by atoms with van der Waals surface area (Å²) in [4.78, 5) is 2.22. The SMILES string of the molecule is O[C@H](COc1cccc(CNC2Cc3ccccc3C2)c1)CN1CCOCC1. The zero-order valence-electron chi connectivity index (χ0n) is 16.3. The van der Waals surface area contributed by atoms with Gasteiger partial charge in [-0.25, -0.2) is 0 Å². The van der Waals surface area contributed by atoms with E-state index >= 15 is 0 Å². The number of nitrogens with one attached hydrogen (secondary N) is 1. The lowest BCUT2D eigenvalue weighted by molar-refractivity contribution is 0.00465. The van der Waals surface area contributed by atoms with E-state index < -0.39 is 6.10 Å². The lowest BCUT2D eigenvalue weighted by Gasteiger charge is -2.28. The molecular weight excluding hydrogens is 352 g/mol. The molecule has 0 aromatic heterocycles. The fraction of sp³-hybridized carbons (Fsp3) is 0.478. The number of nitrogens with zero attached hydrogens (tertiary/aromatic N) is 1. The molecule has 4 rings (SSSR count). The summed E-state index contributed by atoms with van der Waals surface area (Å²) < 4.78 is 11.2. The molecule has 1 aliphatic heterocycles. The van der Waals surface area contributed by atoms with E-state index in [-0.39, 0.29) is 0 Å². The van der Waals surface area contributed by atoms with Crippen LogP contribution in [0, 0.1) is 0 Å². The minimum Gasteiger partial charge on any atom is -0.491 e. The van der Waals surface area contributed by atoms with E-state index in [1.165, 1.54) is 16.7 Å². The van der Waals surface area contributed by atoms with Crippen molar-refractivity contribution in [3.63, 3.8) is 0 Å². The van der Waals surface area contributed by atoms with Gasteiger partial charge in [-0.1, -0.05) is 36.4 Å². The van der Waals surface area contributed by atoms with E-state index in [2.05, 4.69) is 46.6 Å². The standard InChI is InChI=1S/C23H30N2O3/c26-22(16-25-8-10-27-11-9-25)17-28-23-7-3-4-18(12-23)15-24-21-13-19-5-1-2-6-20(19)14-21/h1-7,12,21-22,24,26H,8-11,13-17H2/t22-/m0/s1. The van der Waals surface area contributed by atoms with Gasteiger partial charge < -0.3 is 19.9 Å². The van der Waals surface area contributed by atoms with E-state index in [1.54, 1.807) is 0 Å². The molecule has 0 amide bonds. The second-order valence-electron chi connectivity index (χ2n) is 7.78. The molecule has 0 unspecified atom stereocenters. The Morgan fingerprint density at radius 2 is 1.82 bits per heavy atom. The minimum atomic E-state index is -0.489. The van der Waals surface area contributed by atoms with Crippen molar-refractivity contribution in [2.75, 3.05) is 39.5 Å². The second kappa shape index (κ2) is 9.52. The van der Waals surface area contributed by atoms with Crippen LogP contribution < -0.4 is 10.1 Å². The van der Waals surface area contributed by atoms with Gasteiger partial charge in [0.15, 0.2) is 0 Å². The van der Waals surface area contributed by atoms with Crippen LogP contribution in [0.2, 0.25) is 0 Å². The molecule has 1 fully saturated rings. The molecule has 2 aromatic rings. The third-order valence-corrected chi connectivity index (χ3v) is 5.56. The maximum Gasteiger partial charge on any atom is 0.119 e. The van der Waals surface area contributed by atoms with Crippen LogP contribution in [0.1, 0.15) is 16.7 Å². The number of ether oxygens (including phenoxy) is 2. The van der Waals surface area contributed by atoms with Gasteiger partial charge in [-0.05, 0) is 41.7 Å². The fourth-order valence-corrected chi connectivity index (χ4v) is 4.04. The highest BCUT2D eigenvalue weighted by Crippen LogP contribution is 2.22. The van der Waals surface area contributed by atoms with Crippen molar-refractivity contribution in [1.29, 1.82) is 0 Å². The van der Waals surface area contributed by atoms with Crippen molar-refractivity contribution in [1.82, 2.24) is 10.2 Å². The molecule has 0 radical (unpaired) electrons. The Balaban J connectivity index is 1.22. The van der Waals surface area contributed by atoms with Crippen molar-refractivity contribution in [2.45, 2.75) is 31.5 Å². The molecule has 1 atom stereocenters. The maximum atomic E-state index is 10.2. The van der Waals surface area contributed by atoms with Crippen molar-refractivity contribution < 1.29 is 14.6 Å². The predicted molar refractivity (Wildman–Crippen MR) is 110 cm³/mol. The van der Waals surface area contributed by atoms with Crippen molar-refractivity contribution in [3.05, 3.63) is 65.2 Å². The third kappa shape index (κ3) is 5.32. The average molecular weight is 383 g/mol. The molecule has 0 saturated carbocycles. The number of aliphatic hydroxyl groups excluding tert-OH is 1. The van der Waals surface area contributed by atoms with Gasteiger partial charge in [0.05, 0.1) is 13.2 Å². The zero-order chi connectivity index (χ0) is 19.2. The molecule has 150 valence electrons. The average Bonchev–Trinajstić information content (AvgIpc) is 3.15. The largest absolute Gasteiger partial charge is 0.491 e. The number of aliphatic hydroxyl groups is 1. The number of hydrogen-bond acceptors (Lipinski definition) is 5.